The van der Waals surface area contributed by atoms with Crippen molar-refractivity contribution >= 4 is 35.2 Å². The number of carbonyl (C=O) groups is 2. The van der Waals surface area contributed by atoms with Crippen LogP contribution in [0.1, 0.15) is 23.6 Å². The van der Waals surface area contributed by atoms with Gasteiger partial charge in [0.05, 0.1) is 5.75 Å². The van der Waals surface area contributed by atoms with Gasteiger partial charge in [-0.1, -0.05) is 90.5 Å². The second-order valence-corrected chi connectivity index (χ2v) is 9.08. The number of likely N-dealkylation sites (N-methyl/N-ethyl adjacent to an activating group) is 1. The van der Waals surface area contributed by atoms with E-state index in [-0.39, 0.29) is 17.6 Å². The summed E-state index contributed by atoms with van der Waals surface area (Å²) in [6.45, 7) is 2.78. The van der Waals surface area contributed by atoms with Crippen LogP contribution in [0.2, 0.25) is 5.02 Å². The van der Waals surface area contributed by atoms with Crippen molar-refractivity contribution in [1.29, 1.82) is 0 Å². The van der Waals surface area contributed by atoms with E-state index in [0.29, 0.717) is 30.3 Å². The van der Waals surface area contributed by atoms with Crippen LogP contribution in [-0.4, -0.2) is 35.1 Å². The van der Waals surface area contributed by atoms with E-state index in [2.05, 4.69) is 5.32 Å². The quantitative estimate of drug-likeness (QED) is 0.402. The first-order valence-electron chi connectivity index (χ1n) is 11.0. The van der Waals surface area contributed by atoms with Crippen molar-refractivity contribution in [3.8, 4) is 0 Å². The summed E-state index contributed by atoms with van der Waals surface area (Å²) in [6.07, 6.45) is 0.459. The third-order valence-electron chi connectivity index (χ3n) is 5.26. The fourth-order valence-electron chi connectivity index (χ4n) is 3.57. The van der Waals surface area contributed by atoms with Crippen molar-refractivity contribution in [3.63, 3.8) is 0 Å². The normalized spacial score (nSPS) is 11.6. The van der Waals surface area contributed by atoms with Crippen LogP contribution in [0.4, 0.5) is 0 Å². The summed E-state index contributed by atoms with van der Waals surface area (Å²) in [7, 11) is 0. The van der Waals surface area contributed by atoms with Gasteiger partial charge in [0.1, 0.15) is 6.04 Å². The number of halogens is 1. The van der Waals surface area contributed by atoms with Crippen LogP contribution >= 0.6 is 23.4 Å². The molecule has 1 N–H and O–H groups in total. The van der Waals surface area contributed by atoms with E-state index < -0.39 is 6.04 Å². The van der Waals surface area contributed by atoms with Gasteiger partial charge in [0.2, 0.25) is 11.8 Å². The highest BCUT2D eigenvalue weighted by atomic mass is 35.5. The minimum Gasteiger partial charge on any atom is -0.355 e. The molecule has 3 rings (SSSR count). The molecule has 0 saturated heterocycles. The average Bonchev–Trinajstić information content (AvgIpc) is 2.84. The molecule has 0 aliphatic carbocycles. The highest BCUT2D eigenvalue weighted by Gasteiger charge is 2.30. The van der Waals surface area contributed by atoms with Gasteiger partial charge in [0, 0.05) is 30.3 Å². The van der Waals surface area contributed by atoms with Crippen LogP contribution in [0.15, 0.2) is 84.9 Å². The first-order valence-corrected chi connectivity index (χ1v) is 12.6. The Balaban J connectivity index is 1.81. The molecule has 0 fully saturated rings. The van der Waals surface area contributed by atoms with Crippen molar-refractivity contribution in [1.82, 2.24) is 10.2 Å². The number of nitrogens with zero attached hydrogens (tertiary/aromatic N) is 1. The molecular weight excluding hydrogens is 452 g/mol. The molecule has 0 unspecified atom stereocenters. The van der Waals surface area contributed by atoms with E-state index in [4.69, 9.17) is 11.6 Å². The fraction of sp³-hybridized carbons (Fsp3) is 0.259. The summed E-state index contributed by atoms with van der Waals surface area (Å²) >= 11 is 7.77. The van der Waals surface area contributed by atoms with Gasteiger partial charge < -0.3 is 10.2 Å². The Hall–Kier alpha value is -2.76. The molecule has 0 aromatic heterocycles. The topological polar surface area (TPSA) is 49.4 Å². The third kappa shape index (κ3) is 7.65. The zero-order valence-corrected chi connectivity index (χ0v) is 20.3. The number of hydrogen-bond acceptors (Lipinski definition) is 3. The second kappa shape index (κ2) is 13.1. The lowest BCUT2D eigenvalue weighted by Crippen LogP contribution is -2.51. The molecule has 0 heterocycles. The van der Waals surface area contributed by atoms with Gasteiger partial charge in [-0.15, -0.1) is 11.8 Å². The summed E-state index contributed by atoms with van der Waals surface area (Å²) < 4.78 is 0. The monoisotopic (exact) mass is 480 g/mol. The van der Waals surface area contributed by atoms with E-state index in [1.165, 1.54) is 11.8 Å². The van der Waals surface area contributed by atoms with Gasteiger partial charge >= 0.3 is 0 Å². The molecule has 4 nitrogen and oxygen atoms in total. The second-order valence-electron chi connectivity index (χ2n) is 7.69. The molecule has 3 aromatic rings. The molecule has 0 aliphatic rings. The van der Waals surface area contributed by atoms with Crippen LogP contribution in [0.3, 0.4) is 0 Å². The van der Waals surface area contributed by atoms with E-state index in [1.54, 1.807) is 4.90 Å². The maximum Gasteiger partial charge on any atom is 0.243 e. The Morgan fingerprint density at radius 3 is 2.15 bits per heavy atom. The number of rotatable bonds is 11. The molecule has 6 heteroatoms. The highest BCUT2D eigenvalue weighted by Crippen LogP contribution is 2.22. The Morgan fingerprint density at radius 1 is 0.909 bits per heavy atom. The lowest BCUT2D eigenvalue weighted by molar-refractivity contribution is -0.139. The molecule has 2 amide bonds. The Bertz CT molecular complexity index is 1030. The smallest absolute Gasteiger partial charge is 0.243 e. The Morgan fingerprint density at radius 2 is 1.52 bits per heavy atom. The van der Waals surface area contributed by atoms with Crippen LogP contribution < -0.4 is 5.32 Å². The lowest BCUT2D eigenvalue weighted by Gasteiger charge is -2.31. The van der Waals surface area contributed by atoms with Crippen molar-refractivity contribution in [3.05, 3.63) is 107 Å². The maximum absolute atomic E-state index is 13.5. The summed E-state index contributed by atoms with van der Waals surface area (Å²) in [5.74, 6) is 0.697. The Labute approximate surface area is 205 Å². The summed E-state index contributed by atoms with van der Waals surface area (Å²) in [5, 5.41) is 3.62. The van der Waals surface area contributed by atoms with Gasteiger partial charge in [0.15, 0.2) is 0 Å². The van der Waals surface area contributed by atoms with Gasteiger partial charge in [-0.05, 0) is 29.7 Å². The lowest BCUT2D eigenvalue weighted by atomic mass is 10.0. The SMILES string of the molecule is CCNC(=O)[C@H](Cc1ccccc1)N(Cc1ccccc1)C(=O)CSCc1ccccc1Cl. The van der Waals surface area contributed by atoms with E-state index in [0.717, 1.165) is 16.7 Å². The summed E-state index contributed by atoms with van der Waals surface area (Å²) in [4.78, 5) is 28.3. The third-order valence-corrected chi connectivity index (χ3v) is 6.59. The van der Waals surface area contributed by atoms with E-state index >= 15 is 0 Å². The van der Waals surface area contributed by atoms with Gasteiger partial charge in [-0.3, -0.25) is 9.59 Å². The average molecular weight is 481 g/mol. The predicted octanol–water partition coefficient (Wildman–Crippen LogP) is 5.35. The number of thioether (sulfide) groups is 1. The Kier molecular flexibility index (Phi) is 9.85. The summed E-state index contributed by atoms with van der Waals surface area (Å²) in [5.41, 5.74) is 3.00. The highest BCUT2D eigenvalue weighted by molar-refractivity contribution is 7.99. The van der Waals surface area contributed by atoms with Crippen molar-refractivity contribution in [2.24, 2.45) is 0 Å². The van der Waals surface area contributed by atoms with Crippen LogP contribution in [0, 0.1) is 0 Å². The summed E-state index contributed by atoms with van der Waals surface area (Å²) in [6, 6.07) is 26.7. The zero-order valence-electron chi connectivity index (χ0n) is 18.7. The minimum atomic E-state index is -0.596. The molecule has 0 radical (unpaired) electrons. The standard InChI is InChI=1S/C27H29ClN2O2S/c1-2-29-27(32)25(17-21-11-5-3-6-12-21)30(18-22-13-7-4-8-14-22)26(31)20-33-19-23-15-9-10-16-24(23)28/h3-16,25H,2,17-20H2,1H3,(H,29,32)/t25-/m0/s1. The molecule has 33 heavy (non-hydrogen) atoms. The van der Waals surface area contributed by atoms with Crippen LogP contribution in [-0.2, 0) is 28.3 Å². The van der Waals surface area contributed by atoms with Crippen molar-refractivity contribution in [2.45, 2.75) is 31.7 Å². The molecule has 3 aromatic carbocycles. The van der Waals surface area contributed by atoms with Crippen LogP contribution in [0.5, 0.6) is 0 Å². The number of carbonyl (C=O) groups excluding carboxylic acids is 2. The van der Waals surface area contributed by atoms with Gasteiger partial charge in [-0.2, -0.15) is 0 Å². The van der Waals surface area contributed by atoms with Gasteiger partial charge in [0.25, 0.3) is 0 Å². The number of nitrogens with one attached hydrogen (secondary N) is 1. The predicted molar refractivity (Wildman–Crippen MR) is 137 cm³/mol. The molecule has 0 bridgehead atoms. The number of amides is 2. The first-order chi connectivity index (χ1) is 16.1. The molecular formula is C27H29ClN2O2S. The van der Waals surface area contributed by atoms with Crippen molar-refractivity contribution in [2.75, 3.05) is 12.3 Å². The zero-order chi connectivity index (χ0) is 23.5. The molecule has 172 valence electrons. The van der Waals surface area contributed by atoms with Crippen LogP contribution in [0.25, 0.3) is 0 Å². The molecule has 0 saturated carbocycles. The largest absolute Gasteiger partial charge is 0.355 e. The fourth-order valence-corrected chi connectivity index (χ4v) is 4.77. The van der Waals surface area contributed by atoms with Crippen molar-refractivity contribution < 1.29 is 9.59 Å². The first kappa shape index (κ1) is 24.9. The molecule has 0 aliphatic heterocycles. The number of benzene rings is 3. The molecule has 1 atom stereocenters. The van der Waals surface area contributed by atoms with E-state index in [1.807, 2.05) is 91.9 Å². The minimum absolute atomic E-state index is 0.0666. The van der Waals surface area contributed by atoms with Gasteiger partial charge in [-0.25, -0.2) is 0 Å². The number of hydrogen-bond donors (Lipinski definition) is 1. The van der Waals surface area contributed by atoms with E-state index in [9.17, 15) is 9.59 Å². The maximum atomic E-state index is 13.5. The molecule has 0 spiro atoms.